The zero-order chi connectivity index (χ0) is 54.5. The number of nitriles is 2. The fourth-order valence-electron chi connectivity index (χ4n) is 9.16. The van der Waals surface area contributed by atoms with Crippen LogP contribution in [-0.4, -0.2) is 72.5 Å². The van der Waals surface area contributed by atoms with Crippen LogP contribution in [0, 0.1) is 26.2 Å². The number of carboxylic acids is 2. The number of amides is 4. The topological polar surface area (TPSA) is 274 Å². The monoisotopic (exact) mass is 1140 g/mol. The van der Waals surface area contributed by atoms with Crippen LogP contribution in [0.4, 0.5) is 21.0 Å². The van der Waals surface area contributed by atoms with E-state index in [0.717, 1.165) is 90.1 Å². The molecule has 4 amide bonds. The van der Waals surface area contributed by atoms with E-state index in [1.54, 1.807) is 85.2 Å². The molecule has 18 nitrogen and oxygen atoms in total. The maximum atomic E-state index is 12.9. The predicted octanol–water partition coefficient (Wildman–Crippen LogP) is 10.3. The van der Waals surface area contributed by atoms with E-state index >= 15 is 0 Å². The lowest BCUT2D eigenvalue weighted by molar-refractivity contribution is 0.00578. The Labute approximate surface area is 455 Å². The Morgan fingerprint density at radius 2 is 0.921 bits per heavy atom. The maximum Gasteiger partial charge on any atom is 0.494 e. The van der Waals surface area contributed by atoms with Gasteiger partial charge in [0.25, 0.3) is 0 Å². The maximum absolute atomic E-state index is 12.9. The molecule has 2 aliphatic carbocycles. The third-order valence-corrected chi connectivity index (χ3v) is 14.7. The molecule has 2 saturated carbocycles. The first-order valence-corrected chi connectivity index (χ1v) is 25.9. The van der Waals surface area contributed by atoms with E-state index in [1.807, 2.05) is 76.2 Å². The molecule has 6 N–H and O–H groups in total. The molecule has 3 fully saturated rings. The Hall–Kier alpha value is -7.79. The molecule has 0 spiro atoms. The lowest BCUT2D eigenvalue weighted by atomic mass is 9.79. The van der Waals surface area contributed by atoms with Crippen LogP contribution < -0.4 is 26.7 Å². The number of halogens is 1. The number of urea groups is 2. The molecule has 0 bridgehead atoms. The minimum absolute atomic E-state index is 0.0895. The fraction of sp³-hybridized carbons (Fsp3) is 0.321. The first kappa shape index (κ1) is 56.0. The van der Waals surface area contributed by atoms with Gasteiger partial charge in [-0.25, -0.2) is 39.1 Å². The Morgan fingerprint density at radius 3 is 1.30 bits per heavy atom. The Morgan fingerprint density at radius 1 is 0.553 bits per heavy atom. The zero-order valence-electron chi connectivity index (χ0n) is 42.6. The van der Waals surface area contributed by atoms with Gasteiger partial charge in [-0.2, -0.15) is 10.5 Å². The first-order chi connectivity index (χ1) is 36.3. The molecule has 0 unspecified atom stereocenters. The van der Waals surface area contributed by atoms with Crippen molar-refractivity contribution in [1.29, 1.82) is 10.5 Å². The van der Waals surface area contributed by atoms with Gasteiger partial charge in [0, 0.05) is 27.3 Å². The van der Waals surface area contributed by atoms with E-state index in [9.17, 15) is 19.2 Å². The van der Waals surface area contributed by atoms with Gasteiger partial charge in [0.1, 0.15) is 12.1 Å². The van der Waals surface area contributed by atoms with Gasteiger partial charge < -0.3 is 40.8 Å². The number of aromatic carboxylic acids is 2. The van der Waals surface area contributed by atoms with Crippen molar-refractivity contribution in [3.8, 4) is 23.3 Å². The van der Waals surface area contributed by atoms with E-state index in [2.05, 4.69) is 63.8 Å². The molecule has 0 atom stereocenters. The summed E-state index contributed by atoms with van der Waals surface area (Å²) >= 11 is 2.22. The number of rotatable bonds is 10. The fourth-order valence-corrected chi connectivity index (χ4v) is 9.52. The number of benzene rings is 4. The summed E-state index contributed by atoms with van der Waals surface area (Å²) in [5.74, 6) is -1.68. The highest BCUT2D eigenvalue weighted by atomic mass is 127. The predicted molar refractivity (Wildman–Crippen MR) is 294 cm³/mol. The van der Waals surface area contributed by atoms with Crippen molar-refractivity contribution < 1.29 is 38.7 Å². The van der Waals surface area contributed by atoms with Gasteiger partial charge in [-0.3, -0.25) is 0 Å². The van der Waals surface area contributed by atoms with E-state index in [0.29, 0.717) is 17.1 Å². The van der Waals surface area contributed by atoms with Gasteiger partial charge in [-0.1, -0.05) is 74.9 Å². The second-order valence-corrected chi connectivity index (χ2v) is 20.9. The number of nitrogens with zero attached hydrogens (tertiary/aromatic N) is 6. The molecule has 3 aliphatic rings. The minimum atomic E-state index is -0.964. The molecule has 6 aromatic rings. The van der Waals surface area contributed by atoms with E-state index in [-0.39, 0.29) is 46.0 Å². The van der Waals surface area contributed by atoms with Crippen molar-refractivity contribution in [3.63, 3.8) is 0 Å². The lowest BCUT2D eigenvalue weighted by Gasteiger charge is -2.37. The van der Waals surface area contributed by atoms with Crippen LogP contribution in [0.5, 0.6) is 0 Å². The molecular weight excluding hydrogens is 1080 g/mol. The van der Waals surface area contributed by atoms with Crippen molar-refractivity contribution >= 4 is 70.5 Å². The van der Waals surface area contributed by atoms with Gasteiger partial charge in [0.2, 0.25) is 11.6 Å². The Bertz CT molecular complexity index is 3080. The first-order valence-electron chi connectivity index (χ1n) is 24.9. The molecule has 4 aromatic carbocycles. The number of hydrogen-bond acceptors (Lipinski definition) is 12. The molecule has 390 valence electrons. The SMILES string of the molecule is CC1(C)OB(c2ccc(C(=O)O)cc2)OC1(C)C.N#Cc1nccc(C2(NC(=O)Nc3ccc(-c4ccc(C(=O)O)cc4)cc3)CCCCC2)n1.N#Cc1nccc(C2(NC(=O)Nc3ccc(I)cc3)CCCCC2)n1. The van der Waals surface area contributed by atoms with Gasteiger partial charge in [0.05, 0.1) is 44.8 Å². The molecule has 1 aliphatic heterocycles. The number of carbonyl (C=O) groups excluding carboxylic acids is 2. The summed E-state index contributed by atoms with van der Waals surface area (Å²) in [7, 11) is -0.446. The second-order valence-electron chi connectivity index (χ2n) is 19.7. The largest absolute Gasteiger partial charge is 0.494 e. The molecule has 9 rings (SSSR count). The molecule has 3 heterocycles. The third-order valence-electron chi connectivity index (χ3n) is 14.0. The molecule has 76 heavy (non-hydrogen) atoms. The van der Waals surface area contributed by atoms with Crippen LogP contribution in [0.1, 0.15) is 136 Å². The van der Waals surface area contributed by atoms with Crippen molar-refractivity contribution in [2.75, 3.05) is 10.6 Å². The van der Waals surface area contributed by atoms with E-state index in [1.165, 1.54) is 0 Å². The number of carbonyl (C=O) groups is 4. The van der Waals surface area contributed by atoms with Gasteiger partial charge in [0.15, 0.2) is 0 Å². The van der Waals surface area contributed by atoms with Crippen LogP contribution in [0.3, 0.4) is 0 Å². The number of hydrogen-bond donors (Lipinski definition) is 6. The van der Waals surface area contributed by atoms with Crippen molar-refractivity contribution in [2.45, 2.75) is 114 Å². The molecule has 1 saturated heterocycles. The third kappa shape index (κ3) is 14.1. The highest BCUT2D eigenvalue weighted by Gasteiger charge is 2.51. The molecular formula is C56H58BIN10O8. The molecule has 0 radical (unpaired) electrons. The van der Waals surface area contributed by atoms with Crippen LogP contribution in [0.25, 0.3) is 11.1 Å². The highest BCUT2D eigenvalue weighted by Crippen LogP contribution is 2.39. The van der Waals surface area contributed by atoms with Crippen LogP contribution in [-0.2, 0) is 20.4 Å². The average Bonchev–Trinajstić information content (AvgIpc) is 3.65. The second kappa shape index (κ2) is 24.7. The standard InChI is InChI=1S/C25H23N5O3.C18H18IN5O.C13H17BO4/c26-16-22-27-15-12-21(29-22)25(13-2-1-3-14-25)30-24(33)28-20-10-8-18(9-11-20)17-4-6-19(7-5-17)23(31)32;19-13-4-6-14(7-5-13)22-17(25)24-18(9-2-1-3-10-18)15-8-11-21-16(12-20)23-15;1-12(2)13(3,4)18-14(17-12)10-7-5-9(6-8-10)11(15)16/h4-12,15H,1-3,13-14H2,(H,31,32)(H2,28,30,33);4-8,11H,1-3,9-10H2,(H2,22,24,25);5-8H,1-4H3,(H,15,16). The van der Waals surface area contributed by atoms with Crippen molar-refractivity contribution in [3.05, 3.63) is 159 Å². The quantitative estimate of drug-likeness (QED) is 0.0550. The molecule has 2 aromatic heterocycles. The Balaban J connectivity index is 0.000000174. The lowest BCUT2D eigenvalue weighted by Crippen LogP contribution is -2.49. The summed E-state index contributed by atoms with van der Waals surface area (Å²) in [6.07, 6.45) is 12.4. The number of aromatic nitrogens is 4. The summed E-state index contributed by atoms with van der Waals surface area (Å²) in [4.78, 5) is 63.8. The highest BCUT2D eigenvalue weighted by molar-refractivity contribution is 14.1. The van der Waals surface area contributed by atoms with Gasteiger partial charge in [-0.05, 0) is 165 Å². The number of carboxylic acid groups (broad SMARTS) is 2. The number of anilines is 2. The smallest absolute Gasteiger partial charge is 0.478 e. The average molecular weight is 1140 g/mol. The van der Waals surface area contributed by atoms with Crippen molar-refractivity contribution in [2.24, 2.45) is 0 Å². The zero-order valence-corrected chi connectivity index (χ0v) is 44.8. The summed E-state index contributed by atoms with van der Waals surface area (Å²) in [5.41, 5.74) is 3.88. The van der Waals surface area contributed by atoms with Crippen molar-refractivity contribution in [1.82, 2.24) is 30.6 Å². The van der Waals surface area contributed by atoms with Crippen LogP contribution in [0.2, 0.25) is 0 Å². The van der Waals surface area contributed by atoms with E-state index in [4.69, 9.17) is 30.0 Å². The Kier molecular flexibility index (Phi) is 18.2. The van der Waals surface area contributed by atoms with Crippen LogP contribution >= 0.6 is 22.6 Å². The van der Waals surface area contributed by atoms with Gasteiger partial charge in [-0.15, -0.1) is 0 Å². The molecule has 20 heteroatoms. The van der Waals surface area contributed by atoms with Crippen LogP contribution in [0.15, 0.2) is 122 Å². The number of nitrogens with one attached hydrogen (secondary N) is 4. The normalized spacial score (nSPS) is 16.5. The summed E-state index contributed by atoms with van der Waals surface area (Å²) in [6.45, 7) is 7.94. The van der Waals surface area contributed by atoms with Gasteiger partial charge >= 0.3 is 31.1 Å². The summed E-state index contributed by atoms with van der Waals surface area (Å²) in [6, 6.07) is 35.0. The minimum Gasteiger partial charge on any atom is -0.478 e. The van der Waals surface area contributed by atoms with E-state index < -0.39 is 30.1 Å². The summed E-state index contributed by atoms with van der Waals surface area (Å²) < 4.78 is 12.9. The summed E-state index contributed by atoms with van der Waals surface area (Å²) in [5, 5.41) is 48.1.